The van der Waals surface area contributed by atoms with Crippen molar-refractivity contribution in [2.45, 2.75) is 5.92 Å². The molecular formula is C26H21N3O3. The summed E-state index contributed by atoms with van der Waals surface area (Å²) in [4.78, 5) is 30.7. The van der Waals surface area contributed by atoms with E-state index in [1.807, 2.05) is 48.6 Å². The molecule has 3 aromatic carbocycles. The van der Waals surface area contributed by atoms with E-state index in [4.69, 9.17) is 4.74 Å². The third kappa shape index (κ3) is 3.78. The molecule has 0 radical (unpaired) electrons. The first-order valence-electron chi connectivity index (χ1n) is 10.4. The van der Waals surface area contributed by atoms with E-state index in [0.29, 0.717) is 17.4 Å². The fourth-order valence-corrected chi connectivity index (χ4v) is 4.18. The number of hydrogen-bond donors (Lipinski definition) is 2. The molecule has 4 aromatic rings. The summed E-state index contributed by atoms with van der Waals surface area (Å²) < 4.78 is 5.53. The molecule has 5 rings (SSSR count). The molecule has 1 aliphatic rings. The van der Waals surface area contributed by atoms with E-state index in [1.54, 1.807) is 6.07 Å². The lowest BCUT2D eigenvalue weighted by molar-refractivity contribution is 0.144. The van der Waals surface area contributed by atoms with Gasteiger partial charge in [0.25, 0.3) is 5.56 Å². The van der Waals surface area contributed by atoms with E-state index in [9.17, 15) is 9.59 Å². The first kappa shape index (κ1) is 19.8. The molecule has 158 valence electrons. The summed E-state index contributed by atoms with van der Waals surface area (Å²) in [6.45, 7) is 0.617. The molecule has 2 N–H and O–H groups in total. The van der Waals surface area contributed by atoms with Crippen molar-refractivity contribution in [1.29, 1.82) is 0 Å². The van der Waals surface area contributed by atoms with Crippen LogP contribution >= 0.6 is 0 Å². The number of benzene rings is 3. The number of H-pyrrole nitrogens is 1. The molecule has 0 spiro atoms. The Morgan fingerprint density at radius 2 is 1.75 bits per heavy atom. The standard InChI is InChI=1S/C26H21N3O3/c30-25-22-12-11-17(14-24(22)28-16-29-25)6-5-13-27-26(31)32-15-23-20-9-3-1-7-18(20)19-8-2-4-10-21(19)23/h1-12,14,16,23H,13,15H2,(H,27,31)(H,28,29,30). The van der Waals surface area contributed by atoms with Crippen LogP contribution in [-0.2, 0) is 4.74 Å². The summed E-state index contributed by atoms with van der Waals surface area (Å²) in [6.07, 6.45) is 4.63. The zero-order valence-electron chi connectivity index (χ0n) is 17.2. The molecule has 0 unspecified atom stereocenters. The predicted molar refractivity (Wildman–Crippen MR) is 124 cm³/mol. The van der Waals surface area contributed by atoms with Crippen LogP contribution in [0.1, 0.15) is 22.6 Å². The Morgan fingerprint density at radius 3 is 2.50 bits per heavy atom. The fraction of sp³-hybridized carbons (Fsp3) is 0.115. The van der Waals surface area contributed by atoms with Crippen LogP contribution in [0.5, 0.6) is 0 Å². The number of alkyl carbamates (subject to hydrolysis) is 1. The number of amides is 1. The van der Waals surface area contributed by atoms with E-state index >= 15 is 0 Å². The minimum Gasteiger partial charge on any atom is -0.449 e. The zero-order chi connectivity index (χ0) is 21.9. The van der Waals surface area contributed by atoms with E-state index < -0.39 is 6.09 Å². The van der Waals surface area contributed by atoms with Gasteiger partial charge in [0.15, 0.2) is 0 Å². The van der Waals surface area contributed by atoms with Gasteiger partial charge in [0.2, 0.25) is 0 Å². The first-order valence-corrected chi connectivity index (χ1v) is 10.4. The van der Waals surface area contributed by atoms with Gasteiger partial charge in [-0.2, -0.15) is 0 Å². The quantitative estimate of drug-likeness (QED) is 0.496. The maximum Gasteiger partial charge on any atom is 0.407 e. The number of carbonyl (C=O) groups is 1. The number of ether oxygens (including phenoxy) is 1. The van der Waals surface area contributed by atoms with E-state index in [-0.39, 0.29) is 18.1 Å². The third-order valence-electron chi connectivity index (χ3n) is 5.68. The van der Waals surface area contributed by atoms with Gasteiger partial charge in [0, 0.05) is 12.5 Å². The molecular weight excluding hydrogens is 402 g/mol. The fourth-order valence-electron chi connectivity index (χ4n) is 4.18. The lowest BCUT2D eigenvalue weighted by atomic mass is 9.98. The highest BCUT2D eigenvalue weighted by Crippen LogP contribution is 2.44. The largest absolute Gasteiger partial charge is 0.449 e. The second-order valence-corrected chi connectivity index (χ2v) is 7.62. The number of fused-ring (bicyclic) bond motifs is 4. The summed E-state index contributed by atoms with van der Waals surface area (Å²) in [7, 11) is 0. The summed E-state index contributed by atoms with van der Waals surface area (Å²) in [5, 5.41) is 3.30. The van der Waals surface area contributed by atoms with Gasteiger partial charge in [-0.25, -0.2) is 9.78 Å². The Morgan fingerprint density at radius 1 is 1.03 bits per heavy atom. The smallest absolute Gasteiger partial charge is 0.407 e. The minimum absolute atomic E-state index is 0.0388. The molecule has 0 bridgehead atoms. The maximum absolute atomic E-state index is 12.2. The van der Waals surface area contributed by atoms with Gasteiger partial charge >= 0.3 is 6.09 Å². The number of rotatable bonds is 5. The van der Waals surface area contributed by atoms with Gasteiger partial charge in [-0.15, -0.1) is 0 Å². The molecule has 1 aromatic heterocycles. The van der Waals surface area contributed by atoms with Gasteiger partial charge in [-0.3, -0.25) is 4.79 Å². The van der Waals surface area contributed by atoms with Gasteiger partial charge in [-0.1, -0.05) is 66.7 Å². The Kier molecular flexibility index (Phi) is 5.25. The highest BCUT2D eigenvalue weighted by atomic mass is 16.5. The molecule has 0 saturated heterocycles. The van der Waals surface area contributed by atoms with Gasteiger partial charge < -0.3 is 15.0 Å². The van der Waals surface area contributed by atoms with Crippen LogP contribution in [0.4, 0.5) is 4.79 Å². The first-order chi connectivity index (χ1) is 15.7. The molecule has 0 aliphatic heterocycles. The monoisotopic (exact) mass is 423 g/mol. The van der Waals surface area contributed by atoms with Gasteiger partial charge in [0.05, 0.1) is 17.2 Å². The predicted octanol–water partition coefficient (Wildman–Crippen LogP) is 4.48. The summed E-state index contributed by atoms with van der Waals surface area (Å²) in [5.41, 5.74) is 6.13. The Bertz CT molecular complexity index is 1340. The van der Waals surface area contributed by atoms with Crippen LogP contribution < -0.4 is 10.9 Å². The lowest BCUT2D eigenvalue weighted by Crippen LogP contribution is -2.26. The Labute approximate surface area is 184 Å². The normalized spacial score (nSPS) is 12.6. The summed E-state index contributed by atoms with van der Waals surface area (Å²) in [6, 6.07) is 21.9. The van der Waals surface area contributed by atoms with Crippen molar-refractivity contribution in [3.8, 4) is 11.1 Å². The van der Waals surface area contributed by atoms with Crippen molar-refractivity contribution < 1.29 is 9.53 Å². The van der Waals surface area contributed by atoms with Crippen molar-refractivity contribution in [3.63, 3.8) is 0 Å². The second kappa shape index (κ2) is 8.51. The van der Waals surface area contributed by atoms with Crippen molar-refractivity contribution in [2.24, 2.45) is 0 Å². The van der Waals surface area contributed by atoms with Crippen LogP contribution in [0.3, 0.4) is 0 Å². The molecule has 6 heteroatoms. The molecule has 0 atom stereocenters. The molecule has 0 saturated carbocycles. The number of nitrogens with one attached hydrogen (secondary N) is 2. The lowest BCUT2D eigenvalue weighted by Gasteiger charge is -2.14. The van der Waals surface area contributed by atoms with Crippen LogP contribution in [0, 0.1) is 0 Å². The Hall–Kier alpha value is -4.19. The molecule has 32 heavy (non-hydrogen) atoms. The van der Waals surface area contributed by atoms with E-state index in [1.165, 1.54) is 28.6 Å². The molecule has 1 aliphatic carbocycles. The maximum atomic E-state index is 12.2. The topological polar surface area (TPSA) is 84.1 Å². The Balaban J connectivity index is 1.18. The average Bonchev–Trinajstić information content (AvgIpc) is 3.14. The molecule has 1 amide bonds. The van der Waals surface area contributed by atoms with Crippen LogP contribution in [-0.4, -0.2) is 29.2 Å². The number of nitrogens with zero attached hydrogens (tertiary/aromatic N) is 1. The minimum atomic E-state index is -0.455. The zero-order valence-corrected chi connectivity index (χ0v) is 17.2. The summed E-state index contributed by atoms with van der Waals surface area (Å²) in [5.74, 6) is 0.0388. The van der Waals surface area contributed by atoms with Crippen molar-refractivity contribution >= 4 is 23.1 Å². The van der Waals surface area contributed by atoms with Crippen molar-refractivity contribution in [2.75, 3.05) is 13.2 Å². The number of aromatic nitrogens is 2. The van der Waals surface area contributed by atoms with Crippen LogP contribution in [0.2, 0.25) is 0 Å². The van der Waals surface area contributed by atoms with Gasteiger partial charge in [-0.05, 0) is 39.9 Å². The molecule has 6 nitrogen and oxygen atoms in total. The number of hydrogen-bond acceptors (Lipinski definition) is 4. The van der Waals surface area contributed by atoms with Crippen LogP contribution in [0.25, 0.3) is 28.1 Å². The number of carbonyl (C=O) groups excluding carboxylic acids is 1. The molecule has 1 heterocycles. The van der Waals surface area contributed by atoms with E-state index in [0.717, 1.165) is 5.56 Å². The van der Waals surface area contributed by atoms with Crippen molar-refractivity contribution in [1.82, 2.24) is 15.3 Å². The summed E-state index contributed by atoms with van der Waals surface area (Å²) >= 11 is 0. The SMILES string of the molecule is O=C(NCC=Cc1ccc2c(=O)[nH]cnc2c1)OCC1c2ccccc2-c2ccccc21. The van der Waals surface area contributed by atoms with Gasteiger partial charge in [0.1, 0.15) is 6.61 Å². The highest BCUT2D eigenvalue weighted by Gasteiger charge is 2.28. The van der Waals surface area contributed by atoms with E-state index in [2.05, 4.69) is 39.6 Å². The van der Waals surface area contributed by atoms with Crippen LogP contribution in [0.15, 0.2) is 83.9 Å². The average molecular weight is 423 g/mol. The third-order valence-corrected chi connectivity index (χ3v) is 5.68. The number of aromatic amines is 1. The second-order valence-electron chi connectivity index (χ2n) is 7.62. The molecule has 0 fully saturated rings. The highest BCUT2D eigenvalue weighted by molar-refractivity contribution is 5.80. The van der Waals surface area contributed by atoms with Crippen molar-refractivity contribution in [3.05, 3.63) is 106 Å².